The van der Waals surface area contributed by atoms with E-state index in [2.05, 4.69) is 0 Å². The van der Waals surface area contributed by atoms with Crippen LogP contribution >= 0.6 is 11.3 Å². The molecule has 0 aliphatic rings. The van der Waals surface area contributed by atoms with Crippen LogP contribution in [0.4, 0.5) is 0 Å². The smallest absolute Gasteiger partial charge is 0.177 e. The highest BCUT2D eigenvalue weighted by Crippen LogP contribution is 2.19. The molecule has 12 heavy (non-hydrogen) atoms. The van der Waals surface area contributed by atoms with Crippen molar-refractivity contribution in [2.75, 3.05) is 6.54 Å². The highest BCUT2D eigenvalue weighted by atomic mass is 32.1. The van der Waals surface area contributed by atoms with E-state index in [1.165, 1.54) is 11.3 Å². The van der Waals surface area contributed by atoms with Gasteiger partial charge in [0.15, 0.2) is 5.78 Å². The summed E-state index contributed by atoms with van der Waals surface area (Å²) >= 11 is 1.50. The Hall–Kier alpha value is -0.670. The van der Waals surface area contributed by atoms with Crippen LogP contribution in [-0.4, -0.2) is 12.3 Å². The summed E-state index contributed by atoms with van der Waals surface area (Å²) in [6.07, 6.45) is 0. The fraction of sp³-hybridized carbons (Fsp3) is 0.444. The Morgan fingerprint density at radius 1 is 1.75 bits per heavy atom. The molecule has 0 spiro atoms. The molecule has 1 atom stereocenters. The van der Waals surface area contributed by atoms with Crippen LogP contribution < -0.4 is 5.73 Å². The van der Waals surface area contributed by atoms with Crippen molar-refractivity contribution in [3.05, 3.63) is 21.9 Å². The van der Waals surface area contributed by atoms with Crippen LogP contribution in [0.1, 0.15) is 22.2 Å². The Morgan fingerprint density at radius 3 is 2.83 bits per heavy atom. The van der Waals surface area contributed by atoms with E-state index in [9.17, 15) is 4.79 Å². The molecule has 0 bridgehead atoms. The average molecular weight is 183 g/mol. The number of ketones is 1. The second-order valence-electron chi connectivity index (χ2n) is 2.93. The normalized spacial score (nSPS) is 12.9. The highest BCUT2D eigenvalue weighted by Gasteiger charge is 2.16. The van der Waals surface area contributed by atoms with Gasteiger partial charge >= 0.3 is 0 Å². The molecule has 1 rings (SSSR count). The van der Waals surface area contributed by atoms with Gasteiger partial charge in [-0.3, -0.25) is 4.79 Å². The molecule has 1 aromatic heterocycles. The predicted octanol–water partition coefficient (Wildman–Crippen LogP) is 1.83. The number of hydrogen-bond donors (Lipinski definition) is 1. The summed E-state index contributed by atoms with van der Waals surface area (Å²) in [4.78, 5) is 12.4. The van der Waals surface area contributed by atoms with Crippen molar-refractivity contribution in [1.29, 1.82) is 0 Å². The van der Waals surface area contributed by atoms with Gasteiger partial charge in [0.05, 0.1) is 4.88 Å². The maximum atomic E-state index is 11.6. The van der Waals surface area contributed by atoms with Gasteiger partial charge in [-0.25, -0.2) is 0 Å². The van der Waals surface area contributed by atoms with Gasteiger partial charge in [0.25, 0.3) is 0 Å². The summed E-state index contributed by atoms with van der Waals surface area (Å²) in [5.41, 5.74) is 6.47. The predicted molar refractivity (Wildman–Crippen MR) is 51.6 cm³/mol. The first-order chi connectivity index (χ1) is 5.66. The monoisotopic (exact) mass is 183 g/mol. The average Bonchev–Trinajstić information content (AvgIpc) is 2.48. The van der Waals surface area contributed by atoms with E-state index in [1.807, 2.05) is 25.3 Å². The number of aryl methyl sites for hydroxylation is 1. The quantitative estimate of drug-likeness (QED) is 0.726. The van der Waals surface area contributed by atoms with Gasteiger partial charge in [0.1, 0.15) is 0 Å². The molecule has 0 radical (unpaired) electrons. The third-order valence-electron chi connectivity index (χ3n) is 1.89. The fourth-order valence-electron chi connectivity index (χ4n) is 0.956. The summed E-state index contributed by atoms with van der Waals surface area (Å²) in [5, 5.41) is 1.94. The van der Waals surface area contributed by atoms with E-state index >= 15 is 0 Å². The number of Topliss-reactive ketones (excluding diaryl/α,β-unsaturated/α-hetero) is 1. The van der Waals surface area contributed by atoms with E-state index in [0.717, 1.165) is 10.4 Å². The third-order valence-corrected chi connectivity index (χ3v) is 2.92. The molecule has 0 fully saturated rings. The van der Waals surface area contributed by atoms with Gasteiger partial charge < -0.3 is 5.73 Å². The first kappa shape index (κ1) is 9.42. The van der Waals surface area contributed by atoms with Crippen LogP contribution in [0.15, 0.2) is 11.4 Å². The number of thiophene rings is 1. The molecule has 1 aromatic rings. The molecule has 1 unspecified atom stereocenters. The van der Waals surface area contributed by atoms with Gasteiger partial charge in [-0.05, 0) is 23.9 Å². The summed E-state index contributed by atoms with van der Waals surface area (Å²) in [6, 6.07) is 1.96. The van der Waals surface area contributed by atoms with Crippen molar-refractivity contribution in [3.8, 4) is 0 Å². The van der Waals surface area contributed by atoms with Gasteiger partial charge in [-0.15, -0.1) is 11.3 Å². The fourth-order valence-corrected chi connectivity index (χ4v) is 1.94. The number of hydrogen-bond acceptors (Lipinski definition) is 3. The van der Waals surface area contributed by atoms with Crippen LogP contribution in [0.25, 0.3) is 0 Å². The minimum atomic E-state index is -0.0534. The van der Waals surface area contributed by atoms with Crippen LogP contribution in [0.5, 0.6) is 0 Å². The molecule has 0 saturated heterocycles. The highest BCUT2D eigenvalue weighted by molar-refractivity contribution is 7.12. The Labute approximate surface area is 76.4 Å². The summed E-state index contributed by atoms with van der Waals surface area (Å²) in [6.45, 7) is 4.24. The zero-order chi connectivity index (χ0) is 9.14. The summed E-state index contributed by atoms with van der Waals surface area (Å²) in [7, 11) is 0. The molecular weight excluding hydrogens is 170 g/mol. The summed E-state index contributed by atoms with van der Waals surface area (Å²) < 4.78 is 0. The largest absolute Gasteiger partial charge is 0.330 e. The van der Waals surface area contributed by atoms with Gasteiger partial charge in [-0.2, -0.15) is 0 Å². The van der Waals surface area contributed by atoms with Crippen LogP contribution in [-0.2, 0) is 0 Å². The van der Waals surface area contributed by atoms with Crippen LogP contribution in [0, 0.1) is 12.8 Å². The Morgan fingerprint density at radius 2 is 2.42 bits per heavy atom. The molecule has 2 N–H and O–H groups in total. The Bertz CT molecular complexity index is 280. The number of carbonyl (C=O) groups is 1. The lowest BCUT2D eigenvalue weighted by Gasteiger charge is -2.05. The lowest BCUT2D eigenvalue weighted by molar-refractivity contribution is 0.0938. The zero-order valence-corrected chi connectivity index (χ0v) is 8.15. The standard InChI is InChI=1S/C9H13NOS/c1-6-3-4-12-9(6)8(11)7(2)5-10/h3-4,7H,5,10H2,1-2H3. The van der Waals surface area contributed by atoms with Crippen molar-refractivity contribution in [3.63, 3.8) is 0 Å². The van der Waals surface area contributed by atoms with Crippen molar-refractivity contribution >= 4 is 17.1 Å². The maximum absolute atomic E-state index is 11.6. The van der Waals surface area contributed by atoms with E-state index in [-0.39, 0.29) is 11.7 Å². The summed E-state index contributed by atoms with van der Waals surface area (Å²) in [5.74, 6) is 0.118. The second kappa shape index (κ2) is 3.83. The first-order valence-electron chi connectivity index (χ1n) is 3.95. The lowest BCUT2D eigenvalue weighted by atomic mass is 10.0. The van der Waals surface area contributed by atoms with E-state index in [1.54, 1.807) is 0 Å². The maximum Gasteiger partial charge on any atom is 0.177 e. The van der Waals surface area contributed by atoms with Crippen molar-refractivity contribution in [1.82, 2.24) is 0 Å². The lowest BCUT2D eigenvalue weighted by Crippen LogP contribution is -2.20. The zero-order valence-electron chi connectivity index (χ0n) is 7.33. The SMILES string of the molecule is Cc1ccsc1C(=O)C(C)CN. The minimum absolute atomic E-state index is 0.0534. The minimum Gasteiger partial charge on any atom is -0.330 e. The molecule has 0 saturated carbocycles. The van der Waals surface area contributed by atoms with E-state index in [0.29, 0.717) is 6.54 Å². The number of rotatable bonds is 3. The first-order valence-corrected chi connectivity index (χ1v) is 4.83. The van der Waals surface area contributed by atoms with Crippen molar-refractivity contribution in [2.24, 2.45) is 11.7 Å². The van der Waals surface area contributed by atoms with Crippen molar-refractivity contribution < 1.29 is 4.79 Å². The van der Waals surface area contributed by atoms with Gasteiger partial charge in [-0.1, -0.05) is 6.92 Å². The Kier molecular flexibility index (Phi) is 3.00. The number of carbonyl (C=O) groups excluding carboxylic acids is 1. The van der Waals surface area contributed by atoms with Crippen LogP contribution in [0.2, 0.25) is 0 Å². The van der Waals surface area contributed by atoms with E-state index in [4.69, 9.17) is 5.73 Å². The van der Waals surface area contributed by atoms with Crippen molar-refractivity contribution in [2.45, 2.75) is 13.8 Å². The Balaban J connectivity index is 2.85. The molecule has 3 heteroatoms. The second-order valence-corrected chi connectivity index (χ2v) is 3.85. The van der Waals surface area contributed by atoms with Crippen LogP contribution in [0.3, 0.4) is 0 Å². The molecule has 0 amide bonds. The molecule has 0 aliphatic heterocycles. The van der Waals surface area contributed by atoms with E-state index < -0.39 is 0 Å². The molecule has 0 aromatic carbocycles. The van der Waals surface area contributed by atoms with Gasteiger partial charge in [0.2, 0.25) is 0 Å². The molecular formula is C9H13NOS. The van der Waals surface area contributed by atoms with Gasteiger partial charge in [0, 0.05) is 12.5 Å². The topological polar surface area (TPSA) is 43.1 Å². The number of nitrogens with two attached hydrogens (primary N) is 1. The molecule has 66 valence electrons. The molecule has 0 aliphatic carbocycles. The third kappa shape index (κ3) is 1.73. The molecule has 1 heterocycles. The molecule has 2 nitrogen and oxygen atoms in total.